The van der Waals surface area contributed by atoms with E-state index in [1.165, 1.54) is 28.4 Å². The van der Waals surface area contributed by atoms with Gasteiger partial charge in [-0.1, -0.05) is 36.4 Å². The van der Waals surface area contributed by atoms with Crippen molar-refractivity contribution in [3.8, 4) is 0 Å². The largest absolute Gasteiger partial charge is 0.503 e. The van der Waals surface area contributed by atoms with Gasteiger partial charge in [-0.15, -0.1) is 11.3 Å². The fourth-order valence-electron chi connectivity index (χ4n) is 4.29. The Kier molecular flexibility index (Phi) is 4.90. The molecule has 0 saturated heterocycles. The highest BCUT2D eigenvalue weighted by Crippen LogP contribution is 2.43. The predicted molar refractivity (Wildman–Crippen MR) is 121 cm³/mol. The minimum atomic E-state index is -0.770. The molecular weight excluding hydrogens is 427 g/mol. The number of nitrogens with zero attached hydrogens (tertiary/aromatic N) is 2. The van der Waals surface area contributed by atoms with E-state index in [4.69, 9.17) is 0 Å². The van der Waals surface area contributed by atoms with Crippen LogP contribution in [0.5, 0.6) is 0 Å². The van der Waals surface area contributed by atoms with Crippen LogP contribution in [-0.2, 0) is 18.4 Å². The van der Waals surface area contributed by atoms with Gasteiger partial charge in [0.25, 0.3) is 5.91 Å². The molecule has 1 amide bonds. The number of amides is 1. The Morgan fingerprint density at radius 2 is 1.84 bits per heavy atom. The third kappa shape index (κ3) is 3.22. The van der Waals surface area contributed by atoms with Crippen LogP contribution in [0.15, 0.2) is 83.6 Å². The Morgan fingerprint density at radius 1 is 1.09 bits per heavy atom. The Balaban J connectivity index is 1.67. The number of halogens is 1. The molecule has 5 rings (SSSR count). The molecule has 0 aliphatic carbocycles. The van der Waals surface area contributed by atoms with E-state index in [-0.39, 0.29) is 23.7 Å². The number of rotatable bonds is 5. The zero-order chi connectivity index (χ0) is 22.4. The van der Waals surface area contributed by atoms with Crippen LogP contribution in [0.4, 0.5) is 4.39 Å². The standard InChI is InChI=1S/C25H19FN2O3S/c1-27-14-18(17-5-2-3-6-19(17)27)22-21(23(29)20-7-4-12-32-20)24(30)25(31)28(22)13-15-8-10-16(26)11-9-15/h2-12,14,22,30H,13H2,1H3. The third-order valence-corrected chi connectivity index (χ3v) is 6.65. The number of hydrogen-bond acceptors (Lipinski definition) is 4. The first kappa shape index (κ1) is 20.2. The number of carbonyl (C=O) groups is 2. The van der Waals surface area contributed by atoms with Gasteiger partial charge in [-0.2, -0.15) is 0 Å². The Labute approximate surface area is 187 Å². The molecule has 0 radical (unpaired) electrons. The number of aromatic nitrogens is 1. The van der Waals surface area contributed by atoms with E-state index in [0.29, 0.717) is 10.4 Å². The molecule has 2 aromatic carbocycles. The van der Waals surface area contributed by atoms with Crippen molar-refractivity contribution in [3.05, 3.63) is 105 Å². The van der Waals surface area contributed by atoms with Crippen LogP contribution in [0.2, 0.25) is 0 Å². The van der Waals surface area contributed by atoms with Crippen LogP contribution in [-0.4, -0.2) is 26.3 Å². The molecule has 0 fully saturated rings. The molecule has 0 bridgehead atoms. The van der Waals surface area contributed by atoms with Crippen molar-refractivity contribution in [2.75, 3.05) is 0 Å². The summed E-state index contributed by atoms with van der Waals surface area (Å²) in [5.74, 6) is -1.90. The van der Waals surface area contributed by atoms with Crippen LogP contribution in [0.3, 0.4) is 0 Å². The number of fused-ring (bicyclic) bond motifs is 1. The fraction of sp³-hybridized carbons (Fsp3) is 0.120. The molecule has 4 aromatic rings. The highest BCUT2D eigenvalue weighted by Gasteiger charge is 2.45. The van der Waals surface area contributed by atoms with E-state index in [2.05, 4.69) is 0 Å². The number of hydrogen-bond donors (Lipinski definition) is 1. The van der Waals surface area contributed by atoms with E-state index in [1.54, 1.807) is 29.6 Å². The van der Waals surface area contributed by atoms with Crippen molar-refractivity contribution in [1.82, 2.24) is 9.47 Å². The maximum absolute atomic E-state index is 13.4. The highest BCUT2D eigenvalue weighted by atomic mass is 32.1. The maximum Gasteiger partial charge on any atom is 0.290 e. The molecule has 160 valence electrons. The van der Waals surface area contributed by atoms with Gasteiger partial charge in [0, 0.05) is 36.3 Å². The summed E-state index contributed by atoms with van der Waals surface area (Å²) in [6.45, 7) is 0.123. The second kappa shape index (κ2) is 7.76. The number of ketones is 1. The summed E-state index contributed by atoms with van der Waals surface area (Å²) >= 11 is 1.26. The monoisotopic (exact) mass is 446 g/mol. The molecule has 1 unspecified atom stereocenters. The van der Waals surface area contributed by atoms with Crippen LogP contribution in [0.25, 0.3) is 10.9 Å². The van der Waals surface area contributed by atoms with Crippen molar-refractivity contribution < 1.29 is 19.1 Å². The zero-order valence-electron chi connectivity index (χ0n) is 17.2. The van der Waals surface area contributed by atoms with Crippen LogP contribution >= 0.6 is 11.3 Å². The van der Waals surface area contributed by atoms with Gasteiger partial charge in [-0.25, -0.2) is 4.39 Å². The van der Waals surface area contributed by atoms with Crippen molar-refractivity contribution >= 4 is 33.9 Å². The summed E-state index contributed by atoms with van der Waals surface area (Å²) in [5.41, 5.74) is 2.46. The molecule has 32 heavy (non-hydrogen) atoms. The van der Waals surface area contributed by atoms with E-state index in [1.807, 2.05) is 42.1 Å². The molecule has 1 aliphatic rings. The molecular formula is C25H19FN2O3S. The number of Topliss-reactive ketones (excluding diaryl/α,β-unsaturated/α-hetero) is 1. The number of benzene rings is 2. The molecule has 2 aromatic heterocycles. The quantitative estimate of drug-likeness (QED) is 0.431. The van der Waals surface area contributed by atoms with E-state index in [9.17, 15) is 19.1 Å². The normalized spacial score (nSPS) is 16.4. The van der Waals surface area contributed by atoms with Crippen LogP contribution in [0.1, 0.15) is 26.8 Å². The van der Waals surface area contributed by atoms with Gasteiger partial charge in [0.15, 0.2) is 5.76 Å². The Bertz CT molecular complexity index is 1370. The molecule has 1 N–H and O–H groups in total. The summed E-state index contributed by atoms with van der Waals surface area (Å²) in [7, 11) is 1.90. The fourth-order valence-corrected chi connectivity index (χ4v) is 4.97. The van der Waals surface area contributed by atoms with Gasteiger partial charge in [-0.3, -0.25) is 9.59 Å². The number of carbonyl (C=O) groups excluding carboxylic acids is 2. The average molecular weight is 447 g/mol. The molecule has 0 spiro atoms. The summed E-state index contributed by atoms with van der Waals surface area (Å²) < 4.78 is 15.3. The van der Waals surface area contributed by atoms with E-state index in [0.717, 1.165) is 16.5 Å². The van der Waals surface area contributed by atoms with Gasteiger partial charge in [0.2, 0.25) is 5.78 Å². The van der Waals surface area contributed by atoms with Crippen molar-refractivity contribution in [3.63, 3.8) is 0 Å². The van der Waals surface area contributed by atoms with Gasteiger partial charge in [0.05, 0.1) is 16.5 Å². The third-order valence-electron chi connectivity index (χ3n) is 5.78. The lowest BCUT2D eigenvalue weighted by atomic mass is 9.95. The van der Waals surface area contributed by atoms with Crippen LogP contribution in [0, 0.1) is 5.82 Å². The minimum absolute atomic E-state index is 0.0657. The number of para-hydroxylation sites is 1. The molecule has 7 heteroatoms. The first-order valence-corrected chi connectivity index (χ1v) is 10.9. The SMILES string of the molecule is Cn1cc(C2C(C(=O)c3cccs3)=C(O)C(=O)N2Cc2ccc(F)cc2)c2ccccc21. The van der Waals surface area contributed by atoms with Gasteiger partial charge < -0.3 is 14.6 Å². The number of aliphatic hydroxyl groups excluding tert-OH is 1. The van der Waals surface area contributed by atoms with Crippen molar-refractivity contribution in [2.24, 2.45) is 7.05 Å². The number of aliphatic hydroxyl groups is 1. The average Bonchev–Trinajstić information content (AvgIpc) is 3.50. The first-order valence-electron chi connectivity index (χ1n) is 10.1. The first-order chi connectivity index (χ1) is 15.5. The Morgan fingerprint density at radius 3 is 2.56 bits per heavy atom. The molecule has 0 saturated carbocycles. The number of thiophene rings is 1. The topological polar surface area (TPSA) is 62.5 Å². The lowest BCUT2D eigenvalue weighted by Gasteiger charge is -2.26. The number of aryl methyl sites for hydroxylation is 1. The maximum atomic E-state index is 13.4. The lowest BCUT2D eigenvalue weighted by Crippen LogP contribution is -2.30. The summed E-state index contributed by atoms with van der Waals surface area (Å²) in [4.78, 5) is 28.5. The van der Waals surface area contributed by atoms with Gasteiger partial charge in [0.1, 0.15) is 5.82 Å². The molecule has 1 aliphatic heterocycles. The lowest BCUT2D eigenvalue weighted by molar-refractivity contribution is -0.130. The predicted octanol–water partition coefficient (Wildman–Crippen LogP) is 5.16. The second-order valence-electron chi connectivity index (χ2n) is 7.74. The summed E-state index contributed by atoms with van der Waals surface area (Å²) in [5, 5.41) is 13.5. The molecule has 1 atom stereocenters. The van der Waals surface area contributed by atoms with Gasteiger partial charge in [-0.05, 0) is 35.2 Å². The van der Waals surface area contributed by atoms with Crippen molar-refractivity contribution in [1.29, 1.82) is 0 Å². The highest BCUT2D eigenvalue weighted by molar-refractivity contribution is 7.12. The second-order valence-corrected chi connectivity index (χ2v) is 8.69. The van der Waals surface area contributed by atoms with Gasteiger partial charge >= 0.3 is 0 Å². The van der Waals surface area contributed by atoms with Crippen molar-refractivity contribution in [2.45, 2.75) is 12.6 Å². The molecule has 5 nitrogen and oxygen atoms in total. The smallest absolute Gasteiger partial charge is 0.290 e. The van der Waals surface area contributed by atoms with E-state index < -0.39 is 17.7 Å². The zero-order valence-corrected chi connectivity index (χ0v) is 18.0. The molecule has 3 heterocycles. The van der Waals surface area contributed by atoms with Crippen LogP contribution < -0.4 is 0 Å². The van der Waals surface area contributed by atoms with E-state index >= 15 is 0 Å². The minimum Gasteiger partial charge on any atom is -0.503 e. The Hall–Kier alpha value is -3.71. The summed E-state index contributed by atoms with van der Waals surface area (Å²) in [6.07, 6.45) is 1.89. The summed E-state index contributed by atoms with van der Waals surface area (Å²) in [6, 6.07) is 16.2.